The van der Waals surface area contributed by atoms with Crippen LogP contribution in [0.2, 0.25) is 5.02 Å². The summed E-state index contributed by atoms with van der Waals surface area (Å²) in [6.07, 6.45) is 6.51. The molecule has 1 unspecified atom stereocenters. The number of carbonyl (C=O) groups is 1. The van der Waals surface area contributed by atoms with Crippen LogP contribution in [0.15, 0.2) is 23.2 Å². The fourth-order valence-electron chi connectivity index (χ4n) is 3.55. The van der Waals surface area contributed by atoms with Crippen molar-refractivity contribution in [3.05, 3.63) is 40.0 Å². The monoisotopic (exact) mass is 459 g/mol. The first-order chi connectivity index (χ1) is 15.0. The number of anilines is 1. The highest BCUT2D eigenvalue weighted by molar-refractivity contribution is 8.00. The van der Waals surface area contributed by atoms with Crippen molar-refractivity contribution in [2.45, 2.75) is 55.7 Å². The number of fused-ring (bicyclic) bond motifs is 1. The van der Waals surface area contributed by atoms with Gasteiger partial charge in [-0.25, -0.2) is 4.98 Å². The third-order valence-corrected chi connectivity index (χ3v) is 6.67. The molecule has 164 valence electrons. The average molecular weight is 460 g/mol. The standard InChI is InChI=1S/C23H26ClN3O3S/c1-14(22(28)26-19-11-17(24)20(29-2)12-21(19)30-3)31-23-16(13-25)10-15-8-6-4-5-7-9-18(15)27-23/h10-12,14H,4-9H2,1-3H3,(H,26,28). The number of rotatable bonds is 6. The van der Waals surface area contributed by atoms with E-state index in [9.17, 15) is 10.1 Å². The van der Waals surface area contributed by atoms with Crippen LogP contribution in [-0.4, -0.2) is 30.4 Å². The maximum Gasteiger partial charge on any atom is 0.237 e. The molecule has 0 fully saturated rings. The van der Waals surface area contributed by atoms with Gasteiger partial charge in [0.25, 0.3) is 0 Å². The van der Waals surface area contributed by atoms with Crippen molar-refractivity contribution in [1.82, 2.24) is 4.98 Å². The molecule has 1 aromatic carbocycles. The Bertz CT molecular complexity index is 1010. The van der Waals surface area contributed by atoms with Gasteiger partial charge in [0.1, 0.15) is 22.6 Å². The Labute approximate surface area is 192 Å². The van der Waals surface area contributed by atoms with Gasteiger partial charge in [-0.3, -0.25) is 4.79 Å². The number of nitrogens with one attached hydrogen (secondary N) is 1. The number of thioether (sulfide) groups is 1. The van der Waals surface area contributed by atoms with Crippen LogP contribution in [-0.2, 0) is 17.6 Å². The van der Waals surface area contributed by atoms with Crippen molar-refractivity contribution in [3.8, 4) is 17.6 Å². The van der Waals surface area contributed by atoms with E-state index in [0.717, 1.165) is 36.9 Å². The van der Waals surface area contributed by atoms with E-state index in [1.54, 1.807) is 19.1 Å². The lowest BCUT2D eigenvalue weighted by atomic mass is 9.96. The van der Waals surface area contributed by atoms with E-state index in [2.05, 4.69) is 11.4 Å². The Hall–Kier alpha value is -2.43. The van der Waals surface area contributed by atoms with Crippen LogP contribution in [0, 0.1) is 11.3 Å². The molecule has 0 saturated carbocycles. The van der Waals surface area contributed by atoms with Gasteiger partial charge in [-0.15, -0.1) is 0 Å². The van der Waals surface area contributed by atoms with Crippen molar-refractivity contribution >= 4 is 35.0 Å². The number of pyridine rings is 1. The molecule has 1 aromatic heterocycles. The lowest BCUT2D eigenvalue weighted by Gasteiger charge is -2.18. The van der Waals surface area contributed by atoms with Crippen molar-refractivity contribution in [3.63, 3.8) is 0 Å². The molecule has 3 rings (SSSR count). The van der Waals surface area contributed by atoms with Crippen LogP contribution >= 0.6 is 23.4 Å². The molecule has 1 amide bonds. The largest absolute Gasteiger partial charge is 0.495 e. The van der Waals surface area contributed by atoms with Gasteiger partial charge in [0.15, 0.2) is 0 Å². The molecule has 0 saturated heterocycles. The quantitative estimate of drug-likeness (QED) is 0.582. The Morgan fingerprint density at radius 1 is 1.16 bits per heavy atom. The number of nitriles is 1. The summed E-state index contributed by atoms with van der Waals surface area (Å²) in [6.45, 7) is 1.79. The molecular weight excluding hydrogens is 434 g/mol. The zero-order valence-corrected chi connectivity index (χ0v) is 19.5. The topological polar surface area (TPSA) is 84.2 Å². The molecule has 1 aliphatic carbocycles. The van der Waals surface area contributed by atoms with E-state index < -0.39 is 5.25 Å². The summed E-state index contributed by atoms with van der Waals surface area (Å²) < 4.78 is 10.5. The second-order valence-corrected chi connectivity index (χ2v) is 9.15. The molecular formula is C23H26ClN3O3S. The van der Waals surface area contributed by atoms with Crippen LogP contribution in [0.4, 0.5) is 5.69 Å². The summed E-state index contributed by atoms with van der Waals surface area (Å²) in [5, 5.41) is 13.0. The van der Waals surface area contributed by atoms with Gasteiger partial charge in [-0.05, 0) is 50.3 Å². The lowest BCUT2D eigenvalue weighted by Crippen LogP contribution is -2.23. The summed E-state index contributed by atoms with van der Waals surface area (Å²) in [4.78, 5) is 17.7. The SMILES string of the molecule is COc1cc(OC)c(NC(=O)C(C)Sc2nc3c(cc2C#N)CCCCCC3)cc1Cl. The van der Waals surface area contributed by atoms with Gasteiger partial charge in [0.2, 0.25) is 5.91 Å². The van der Waals surface area contributed by atoms with Gasteiger partial charge in [-0.1, -0.05) is 36.2 Å². The number of nitrogens with zero attached hydrogens (tertiary/aromatic N) is 2. The first-order valence-electron chi connectivity index (χ1n) is 10.3. The normalized spacial score (nSPS) is 14.4. The van der Waals surface area contributed by atoms with E-state index in [1.807, 2.05) is 6.07 Å². The zero-order valence-electron chi connectivity index (χ0n) is 18.0. The van der Waals surface area contributed by atoms with Crippen molar-refractivity contribution in [2.75, 3.05) is 19.5 Å². The van der Waals surface area contributed by atoms with Gasteiger partial charge in [-0.2, -0.15) is 5.26 Å². The fraction of sp³-hybridized carbons (Fsp3) is 0.435. The number of amides is 1. The lowest BCUT2D eigenvalue weighted by molar-refractivity contribution is -0.115. The van der Waals surface area contributed by atoms with E-state index >= 15 is 0 Å². The summed E-state index contributed by atoms with van der Waals surface area (Å²) in [6, 6.07) is 7.42. The van der Waals surface area contributed by atoms with Gasteiger partial charge < -0.3 is 14.8 Å². The van der Waals surface area contributed by atoms with E-state index in [-0.39, 0.29) is 5.91 Å². The molecule has 1 heterocycles. The molecule has 1 aliphatic rings. The number of ether oxygens (including phenoxy) is 2. The summed E-state index contributed by atoms with van der Waals surface area (Å²) in [7, 11) is 3.03. The van der Waals surface area contributed by atoms with E-state index in [1.165, 1.54) is 38.8 Å². The van der Waals surface area contributed by atoms with Crippen LogP contribution in [0.3, 0.4) is 0 Å². The first-order valence-corrected chi connectivity index (χ1v) is 11.5. The minimum Gasteiger partial charge on any atom is -0.495 e. The second-order valence-electron chi connectivity index (χ2n) is 7.41. The minimum atomic E-state index is -0.475. The number of benzene rings is 1. The zero-order chi connectivity index (χ0) is 22.4. The number of hydrogen-bond acceptors (Lipinski definition) is 6. The Morgan fingerprint density at radius 2 is 1.87 bits per heavy atom. The van der Waals surface area contributed by atoms with Crippen LogP contribution in [0.1, 0.15) is 49.4 Å². The number of aryl methyl sites for hydroxylation is 2. The smallest absolute Gasteiger partial charge is 0.237 e. The second kappa shape index (κ2) is 10.7. The molecule has 6 nitrogen and oxygen atoms in total. The fourth-order valence-corrected chi connectivity index (χ4v) is 4.69. The molecule has 0 spiro atoms. The molecule has 1 atom stereocenters. The Morgan fingerprint density at radius 3 is 2.55 bits per heavy atom. The number of halogens is 1. The number of hydrogen-bond donors (Lipinski definition) is 1. The number of aromatic nitrogens is 1. The Balaban J connectivity index is 1.79. The van der Waals surface area contributed by atoms with Gasteiger partial charge >= 0.3 is 0 Å². The average Bonchev–Trinajstić information content (AvgIpc) is 2.74. The molecule has 31 heavy (non-hydrogen) atoms. The van der Waals surface area contributed by atoms with Crippen LogP contribution in [0.25, 0.3) is 0 Å². The molecule has 1 N–H and O–H groups in total. The number of methoxy groups -OCH3 is 2. The minimum absolute atomic E-state index is 0.234. The molecule has 0 bridgehead atoms. The highest BCUT2D eigenvalue weighted by Gasteiger charge is 2.21. The maximum absolute atomic E-state index is 12.9. The Kier molecular flexibility index (Phi) is 8.05. The third-order valence-electron chi connectivity index (χ3n) is 5.28. The van der Waals surface area contributed by atoms with Crippen molar-refractivity contribution in [1.29, 1.82) is 5.26 Å². The van der Waals surface area contributed by atoms with Crippen LogP contribution < -0.4 is 14.8 Å². The molecule has 0 aliphatic heterocycles. The van der Waals surface area contributed by atoms with Gasteiger partial charge in [0.05, 0.1) is 35.7 Å². The summed E-state index contributed by atoms with van der Waals surface area (Å²) in [5.74, 6) is 0.674. The summed E-state index contributed by atoms with van der Waals surface area (Å²) in [5.41, 5.74) is 3.19. The molecule has 8 heteroatoms. The predicted molar refractivity (Wildman–Crippen MR) is 123 cm³/mol. The molecule has 2 aromatic rings. The van der Waals surface area contributed by atoms with Crippen molar-refractivity contribution < 1.29 is 14.3 Å². The first kappa shape index (κ1) is 23.2. The highest BCUT2D eigenvalue weighted by Crippen LogP contribution is 2.36. The molecule has 0 radical (unpaired) electrons. The van der Waals surface area contributed by atoms with Crippen molar-refractivity contribution in [2.24, 2.45) is 0 Å². The number of carbonyl (C=O) groups excluding carboxylic acids is 1. The van der Waals surface area contributed by atoms with E-state index in [0.29, 0.717) is 32.8 Å². The van der Waals surface area contributed by atoms with Crippen LogP contribution in [0.5, 0.6) is 11.5 Å². The highest BCUT2D eigenvalue weighted by atomic mass is 35.5. The van der Waals surface area contributed by atoms with E-state index in [4.69, 9.17) is 26.1 Å². The van der Waals surface area contributed by atoms with Gasteiger partial charge in [0, 0.05) is 11.8 Å². The third kappa shape index (κ3) is 5.63. The predicted octanol–water partition coefficient (Wildman–Crippen LogP) is 5.40. The maximum atomic E-state index is 12.9. The summed E-state index contributed by atoms with van der Waals surface area (Å²) >= 11 is 7.49.